The summed E-state index contributed by atoms with van der Waals surface area (Å²) in [6.45, 7) is 11.8. The lowest BCUT2D eigenvalue weighted by molar-refractivity contribution is -0.00695. The van der Waals surface area contributed by atoms with E-state index in [9.17, 15) is 9.13 Å². The van der Waals surface area contributed by atoms with Crippen LogP contribution in [0.25, 0.3) is 0 Å². The van der Waals surface area contributed by atoms with Crippen molar-refractivity contribution >= 4 is 25.8 Å². The van der Waals surface area contributed by atoms with Crippen LogP contribution in [0.2, 0.25) is 0 Å². The quantitative estimate of drug-likeness (QED) is 0.0945. The fourth-order valence-electron chi connectivity index (χ4n) is 3.83. The maximum atomic E-state index is 13.1. The molecule has 0 bridgehead atoms. The number of rotatable bonds is 27. The second kappa shape index (κ2) is 22.6. The van der Waals surface area contributed by atoms with Gasteiger partial charge in [0.2, 0.25) is 0 Å². The number of para-hydroxylation sites is 2. The zero-order chi connectivity index (χ0) is 31.9. The Labute approximate surface area is 261 Å². The number of benzene rings is 2. The second-order valence-corrected chi connectivity index (χ2v) is 12.7. The van der Waals surface area contributed by atoms with Crippen molar-refractivity contribution in [3.63, 3.8) is 0 Å². The van der Waals surface area contributed by atoms with Crippen molar-refractivity contribution in [2.75, 3.05) is 92.5 Å². The van der Waals surface area contributed by atoms with Gasteiger partial charge in [-0.2, -0.15) is 0 Å². The third kappa shape index (κ3) is 13.7. The molecule has 0 unspecified atom stereocenters. The Bertz CT molecular complexity index is 1030. The van der Waals surface area contributed by atoms with Crippen molar-refractivity contribution in [1.29, 1.82) is 0 Å². The molecule has 0 atom stereocenters. The lowest BCUT2D eigenvalue weighted by Gasteiger charge is -2.20. The highest BCUT2D eigenvalue weighted by Gasteiger charge is 2.31. The van der Waals surface area contributed by atoms with Crippen LogP contribution in [-0.4, -0.2) is 92.5 Å². The van der Waals surface area contributed by atoms with Crippen molar-refractivity contribution < 1.29 is 55.6 Å². The molecule has 0 radical (unpaired) electrons. The van der Waals surface area contributed by atoms with Crippen LogP contribution in [0.1, 0.15) is 27.7 Å². The summed E-state index contributed by atoms with van der Waals surface area (Å²) in [5.74, 6) is 0.895. The summed E-state index contributed by atoms with van der Waals surface area (Å²) >= 11 is 0. The minimum absolute atomic E-state index is 0.261. The van der Waals surface area contributed by atoms with Crippen molar-refractivity contribution in [2.45, 2.75) is 27.7 Å². The number of ether oxygens (including phenoxy) is 6. The topological polar surface area (TPSA) is 126 Å². The van der Waals surface area contributed by atoms with Crippen LogP contribution in [0.4, 0.5) is 0 Å². The molecule has 12 nitrogen and oxygen atoms in total. The van der Waals surface area contributed by atoms with Crippen LogP contribution in [0.15, 0.2) is 48.5 Å². The van der Waals surface area contributed by atoms with E-state index < -0.39 is 15.2 Å². The normalized spacial score (nSPS) is 12.0. The molecule has 0 saturated carbocycles. The van der Waals surface area contributed by atoms with E-state index in [4.69, 9.17) is 46.5 Å². The molecule has 0 aliphatic rings. The van der Waals surface area contributed by atoms with Crippen molar-refractivity contribution in [2.24, 2.45) is 0 Å². The first-order valence-corrected chi connectivity index (χ1v) is 18.1. The van der Waals surface area contributed by atoms with E-state index in [-0.39, 0.29) is 39.6 Å². The van der Waals surface area contributed by atoms with E-state index >= 15 is 0 Å². The van der Waals surface area contributed by atoms with Crippen molar-refractivity contribution in [1.82, 2.24) is 0 Å². The fraction of sp³-hybridized carbons (Fsp3) is 0.600. The predicted molar refractivity (Wildman–Crippen MR) is 168 cm³/mol. The summed E-state index contributed by atoms with van der Waals surface area (Å²) in [6, 6.07) is 14.0. The summed E-state index contributed by atoms with van der Waals surface area (Å²) in [6.07, 6.45) is 0. The summed E-state index contributed by atoms with van der Waals surface area (Å²) in [4.78, 5) is 0. The van der Waals surface area contributed by atoms with Crippen LogP contribution >= 0.6 is 15.2 Å². The minimum Gasteiger partial charge on any atom is -0.490 e. The highest BCUT2D eigenvalue weighted by Crippen LogP contribution is 2.50. The first-order valence-electron chi connectivity index (χ1n) is 15.0. The maximum Gasteiger partial charge on any atom is 0.365 e. The molecule has 250 valence electrons. The molecular formula is C30H48O12P2. The second-order valence-electron chi connectivity index (χ2n) is 8.75. The Kier molecular flexibility index (Phi) is 19.7. The van der Waals surface area contributed by atoms with E-state index in [2.05, 4.69) is 0 Å². The zero-order valence-corrected chi connectivity index (χ0v) is 28.1. The molecule has 0 aliphatic carbocycles. The molecule has 2 rings (SSSR count). The smallest absolute Gasteiger partial charge is 0.365 e. The van der Waals surface area contributed by atoms with Crippen LogP contribution in [0, 0.1) is 0 Å². The van der Waals surface area contributed by atoms with E-state index in [0.29, 0.717) is 75.0 Å². The van der Waals surface area contributed by atoms with Crippen LogP contribution in [0.5, 0.6) is 11.5 Å². The summed E-state index contributed by atoms with van der Waals surface area (Å²) in [5.41, 5.74) is 0. The zero-order valence-electron chi connectivity index (χ0n) is 26.3. The molecule has 0 aliphatic heterocycles. The minimum atomic E-state index is -3.45. The van der Waals surface area contributed by atoms with E-state index in [1.807, 2.05) is 0 Å². The summed E-state index contributed by atoms with van der Waals surface area (Å²) < 4.78 is 81.7. The molecule has 2 aromatic carbocycles. The standard InChI is InChI=1S/C30H48O12P2/c1-5-39-43(31,40-6-2)29-15-11-9-13-27(29)37-25-23-35-21-19-33-17-18-34-20-22-36-24-26-38-28-14-10-12-16-30(28)44(32,41-7-3)42-8-4/h9-16H,5-8,17-26H2,1-4H3. The van der Waals surface area contributed by atoms with Gasteiger partial charge in [0.1, 0.15) is 35.3 Å². The van der Waals surface area contributed by atoms with Gasteiger partial charge in [-0.05, 0) is 52.0 Å². The lowest BCUT2D eigenvalue weighted by Crippen LogP contribution is -2.18. The Morgan fingerprint density at radius 2 is 0.705 bits per heavy atom. The van der Waals surface area contributed by atoms with Gasteiger partial charge >= 0.3 is 15.2 Å². The van der Waals surface area contributed by atoms with Gasteiger partial charge in [0.05, 0.1) is 79.3 Å². The third-order valence-electron chi connectivity index (χ3n) is 5.60. The molecule has 0 spiro atoms. The van der Waals surface area contributed by atoms with Gasteiger partial charge in [-0.3, -0.25) is 9.13 Å². The lowest BCUT2D eigenvalue weighted by atomic mass is 10.3. The van der Waals surface area contributed by atoms with E-state index in [1.54, 1.807) is 76.2 Å². The van der Waals surface area contributed by atoms with Crippen molar-refractivity contribution in [3.8, 4) is 11.5 Å². The predicted octanol–water partition coefficient (Wildman–Crippen LogP) is 4.99. The molecule has 0 fully saturated rings. The van der Waals surface area contributed by atoms with Crippen LogP contribution in [0.3, 0.4) is 0 Å². The van der Waals surface area contributed by atoms with Gasteiger partial charge < -0.3 is 46.5 Å². The molecule has 0 amide bonds. The number of hydrogen-bond acceptors (Lipinski definition) is 12. The highest BCUT2D eigenvalue weighted by molar-refractivity contribution is 7.62. The first-order chi connectivity index (χ1) is 21.4. The average molecular weight is 663 g/mol. The SMILES string of the molecule is CCOP(=O)(OCC)c1ccccc1OCCOCCOCCOCCOCCOc1ccccc1P(=O)(OCC)OCC. The Hall–Kier alpha value is -1.82. The van der Waals surface area contributed by atoms with Gasteiger partial charge in [-0.25, -0.2) is 0 Å². The molecule has 14 heteroatoms. The highest BCUT2D eigenvalue weighted by atomic mass is 31.2. The van der Waals surface area contributed by atoms with Gasteiger partial charge in [-0.15, -0.1) is 0 Å². The third-order valence-corrected chi connectivity index (χ3v) is 9.91. The maximum absolute atomic E-state index is 13.1. The summed E-state index contributed by atoms with van der Waals surface area (Å²) in [5, 5.41) is 0.806. The monoisotopic (exact) mass is 662 g/mol. The van der Waals surface area contributed by atoms with Crippen molar-refractivity contribution in [3.05, 3.63) is 48.5 Å². The van der Waals surface area contributed by atoms with Gasteiger partial charge in [-0.1, -0.05) is 24.3 Å². The molecule has 0 aromatic heterocycles. The molecule has 0 saturated heterocycles. The Morgan fingerprint density at radius 1 is 0.432 bits per heavy atom. The molecule has 0 heterocycles. The van der Waals surface area contributed by atoms with E-state index in [1.165, 1.54) is 0 Å². The molecule has 0 N–H and O–H groups in total. The van der Waals surface area contributed by atoms with Gasteiger partial charge in [0.15, 0.2) is 0 Å². The van der Waals surface area contributed by atoms with E-state index in [0.717, 1.165) is 0 Å². The molecule has 44 heavy (non-hydrogen) atoms. The summed E-state index contributed by atoms with van der Waals surface area (Å²) in [7, 11) is -6.90. The van der Waals surface area contributed by atoms with Gasteiger partial charge in [0.25, 0.3) is 0 Å². The largest absolute Gasteiger partial charge is 0.490 e. The average Bonchev–Trinajstić information content (AvgIpc) is 3.01. The Balaban J connectivity index is 1.50. The first kappa shape index (κ1) is 38.4. The fourth-order valence-corrected chi connectivity index (χ4v) is 7.25. The Morgan fingerprint density at radius 3 is 1.00 bits per heavy atom. The van der Waals surface area contributed by atoms with Crippen LogP contribution < -0.4 is 20.1 Å². The molecule has 2 aromatic rings. The number of hydrogen-bond donors (Lipinski definition) is 0. The van der Waals surface area contributed by atoms with Gasteiger partial charge in [0, 0.05) is 0 Å². The van der Waals surface area contributed by atoms with Crippen LogP contribution in [-0.2, 0) is 46.2 Å². The molecular weight excluding hydrogens is 614 g/mol.